The first-order valence-corrected chi connectivity index (χ1v) is 9.47. The minimum Gasteiger partial charge on any atom is -0.384 e. The average Bonchev–Trinajstić information content (AvgIpc) is 2.85. The first kappa shape index (κ1) is 15.7. The molecule has 0 saturated heterocycles. The monoisotopic (exact) mass is 317 g/mol. The summed E-state index contributed by atoms with van der Waals surface area (Å²) >= 11 is 0. The number of nitrogens with one attached hydrogen (secondary N) is 1. The Labute approximate surface area is 140 Å². The Bertz CT molecular complexity index is 530. The van der Waals surface area contributed by atoms with Crippen molar-refractivity contribution in [2.75, 3.05) is 13.7 Å². The Morgan fingerprint density at radius 3 is 2.78 bits per heavy atom. The molecule has 3 heteroatoms. The van der Waals surface area contributed by atoms with Crippen LogP contribution in [0.5, 0.6) is 0 Å². The van der Waals surface area contributed by atoms with E-state index >= 15 is 0 Å². The van der Waals surface area contributed by atoms with Crippen molar-refractivity contribution < 1.29 is 9.53 Å². The Kier molecular flexibility index (Phi) is 3.64. The van der Waals surface area contributed by atoms with Gasteiger partial charge in [0.05, 0.1) is 0 Å². The zero-order valence-electron chi connectivity index (χ0n) is 14.8. The van der Waals surface area contributed by atoms with Gasteiger partial charge in [-0.1, -0.05) is 19.9 Å². The van der Waals surface area contributed by atoms with E-state index in [2.05, 4.69) is 25.2 Å². The molecule has 3 nitrogen and oxygen atoms in total. The van der Waals surface area contributed by atoms with Crippen molar-refractivity contribution in [3.8, 4) is 0 Å². The van der Waals surface area contributed by atoms with E-state index in [9.17, 15) is 4.79 Å². The van der Waals surface area contributed by atoms with E-state index in [1.807, 2.05) is 7.11 Å². The molecule has 3 fully saturated rings. The Morgan fingerprint density at radius 1 is 1.17 bits per heavy atom. The van der Waals surface area contributed by atoms with Gasteiger partial charge in [0.15, 0.2) is 0 Å². The highest BCUT2D eigenvalue weighted by molar-refractivity contribution is 5.89. The lowest BCUT2D eigenvalue weighted by Gasteiger charge is -2.58. The van der Waals surface area contributed by atoms with E-state index in [4.69, 9.17) is 4.74 Å². The van der Waals surface area contributed by atoms with E-state index in [0.29, 0.717) is 11.5 Å². The normalized spacial score (nSPS) is 51.6. The Morgan fingerprint density at radius 2 is 2.00 bits per heavy atom. The first-order chi connectivity index (χ1) is 11.0. The van der Waals surface area contributed by atoms with Gasteiger partial charge in [-0.05, 0) is 73.7 Å². The van der Waals surface area contributed by atoms with Crippen LogP contribution in [0.4, 0.5) is 0 Å². The second-order valence-corrected chi connectivity index (χ2v) is 8.99. The third-order valence-corrected chi connectivity index (χ3v) is 8.25. The molecular weight excluding hydrogens is 286 g/mol. The molecule has 0 aromatic rings. The lowest BCUT2D eigenvalue weighted by Crippen LogP contribution is -2.59. The predicted octanol–water partition coefficient (Wildman–Crippen LogP) is 3.55. The molecule has 0 bridgehead atoms. The highest BCUT2D eigenvalue weighted by atomic mass is 16.5. The fourth-order valence-corrected chi connectivity index (χ4v) is 6.92. The molecule has 4 rings (SSSR count). The molecule has 0 aromatic heterocycles. The lowest BCUT2D eigenvalue weighted by atomic mass is 9.48. The summed E-state index contributed by atoms with van der Waals surface area (Å²) in [5.74, 6) is 3.26. The van der Waals surface area contributed by atoms with Crippen molar-refractivity contribution in [1.29, 1.82) is 0 Å². The van der Waals surface area contributed by atoms with E-state index in [0.717, 1.165) is 36.7 Å². The van der Waals surface area contributed by atoms with Gasteiger partial charge in [-0.15, -0.1) is 0 Å². The van der Waals surface area contributed by atoms with Crippen molar-refractivity contribution in [3.63, 3.8) is 0 Å². The van der Waals surface area contributed by atoms with Gasteiger partial charge in [0, 0.05) is 25.2 Å². The number of carbonyl (C=O) groups is 1. The van der Waals surface area contributed by atoms with Crippen LogP contribution in [0.3, 0.4) is 0 Å². The molecule has 1 N–H and O–H groups in total. The summed E-state index contributed by atoms with van der Waals surface area (Å²) in [6.45, 7) is 5.87. The number of ether oxygens (including phenoxy) is 1. The van der Waals surface area contributed by atoms with Crippen LogP contribution < -0.4 is 5.32 Å². The van der Waals surface area contributed by atoms with E-state index in [-0.39, 0.29) is 11.3 Å². The van der Waals surface area contributed by atoms with Crippen LogP contribution >= 0.6 is 0 Å². The molecule has 7 atom stereocenters. The number of hydrogen-bond donors (Lipinski definition) is 1. The van der Waals surface area contributed by atoms with Gasteiger partial charge in [0.25, 0.3) is 0 Å². The summed E-state index contributed by atoms with van der Waals surface area (Å²) in [5.41, 5.74) is 0.638. The highest BCUT2D eigenvalue weighted by Gasteiger charge is 2.59. The zero-order valence-corrected chi connectivity index (χ0v) is 14.8. The third-order valence-electron chi connectivity index (χ3n) is 8.25. The molecule has 128 valence electrons. The molecule has 4 aliphatic rings. The van der Waals surface area contributed by atoms with Crippen LogP contribution in [0.25, 0.3) is 0 Å². The van der Waals surface area contributed by atoms with E-state index in [1.54, 1.807) is 6.08 Å². The molecule has 3 saturated carbocycles. The fourth-order valence-electron chi connectivity index (χ4n) is 6.92. The van der Waals surface area contributed by atoms with Gasteiger partial charge in [-0.2, -0.15) is 0 Å². The molecule has 0 aromatic carbocycles. The van der Waals surface area contributed by atoms with Gasteiger partial charge in [-0.3, -0.25) is 4.79 Å². The number of rotatable bonds is 2. The number of methoxy groups -OCH3 is 1. The lowest BCUT2D eigenvalue weighted by molar-refractivity contribution is -0.122. The molecule has 23 heavy (non-hydrogen) atoms. The topological polar surface area (TPSA) is 38.3 Å². The smallest absolute Gasteiger partial charge is 0.243 e. The minimum atomic E-state index is 0.104. The summed E-state index contributed by atoms with van der Waals surface area (Å²) < 4.78 is 5.53. The van der Waals surface area contributed by atoms with E-state index in [1.165, 1.54) is 32.1 Å². The van der Waals surface area contributed by atoms with Gasteiger partial charge in [-0.25, -0.2) is 0 Å². The first-order valence-electron chi connectivity index (χ1n) is 9.47. The minimum absolute atomic E-state index is 0.104. The predicted molar refractivity (Wildman–Crippen MR) is 90.8 cm³/mol. The SMILES string of the molecule is COCC1CC[C@H]2[C@@H]3CCC4NC(=O)C=C[C@]4(C)[C@@H]3CC[C@]12C. The molecule has 0 radical (unpaired) electrons. The van der Waals surface area contributed by atoms with E-state index < -0.39 is 0 Å². The molecule has 1 amide bonds. The van der Waals surface area contributed by atoms with Crippen molar-refractivity contribution in [2.45, 2.75) is 58.4 Å². The second-order valence-electron chi connectivity index (χ2n) is 8.99. The van der Waals surface area contributed by atoms with Gasteiger partial charge in [0.1, 0.15) is 0 Å². The Balaban J connectivity index is 1.63. The largest absolute Gasteiger partial charge is 0.384 e. The fraction of sp³-hybridized carbons (Fsp3) is 0.850. The van der Waals surface area contributed by atoms with Crippen molar-refractivity contribution >= 4 is 5.91 Å². The molecule has 1 aliphatic heterocycles. The van der Waals surface area contributed by atoms with Crippen LogP contribution in [-0.2, 0) is 9.53 Å². The zero-order chi connectivity index (χ0) is 16.2. The summed E-state index contributed by atoms with van der Waals surface area (Å²) in [6.07, 6.45) is 11.8. The maximum absolute atomic E-state index is 11.8. The maximum Gasteiger partial charge on any atom is 0.243 e. The summed E-state index contributed by atoms with van der Waals surface area (Å²) in [7, 11) is 1.85. The highest BCUT2D eigenvalue weighted by Crippen LogP contribution is 2.64. The standard InChI is InChI=1S/C20H31NO2/c1-19-10-8-16-14(15(19)6-4-13(19)12-23-3)5-7-17-20(16,2)11-9-18(22)21-17/h9,11,13-17H,4-8,10,12H2,1-3H3,(H,21,22)/t13?,14-,15-,16+,17?,19+,20+/m0/s1. The summed E-state index contributed by atoms with van der Waals surface area (Å²) in [5, 5.41) is 3.24. The van der Waals surface area contributed by atoms with Gasteiger partial charge in [0.2, 0.25) is 5.91 Å². The Hall–Kier alpha value is -0.830. The quantitative estimate of drug-likeness (QED) is 0.846. The molecule has 2 unspecified atom stereocenters. The molecule has 1 heterocycles. The van der Waals surface area contributed by atoms with Gasteiger partial charge < -0.3 is 10.1 Å². The van der Waals surface area contributed by atoms with Gasteiger partial charge >= 0.3 is 0 Å². The van der Waals surface area contributed by atoms with Crippen LogP contribution in [0, 0.1) is 34.5 Å². The average molecular weight is 317 g/mol. The number of fused-ring (bicyclic) bond motifs is 5. The number of carbonyl (C=O) groups excluding carboxylic acids is 1. The van der Waals surface area contributed by atoms with Crippen LogP contribution in [-0.4, -0.2) is 25.7 Å². The van der Waals surface area contributed by atoms with Crippen LogP contribution in [0.15, 0.2) is 12.2 Å². The van der Waals surface area contributed by atoms with Crippen molar-refractivity contribution in [3.05, 3.63) is 12.2 Å². The summed E-state index contributed by atoms with van der Waals surface area (Å²) in [4.78, 5) is 11.8. The maximum atomic E-state index is 11.8. The summed E-state index contributed by atoms with van der Waals surface area (Å²) in [6, 6.07) is 0.349. The number of amides is 1. The number of hydrogen-bond acceptors (Lipinski definition) is 2. The molecular formula is C20H31NO2. The second kappa shape index (κ2) is 5.34. The molecule has 0 spiro atoms. The van der Waals surface area contributed by atoms with Crippen molar-refractivity contribution in [1.82, 2.24) is 5.32 Å². The van der Waals surface area contributed by atoms with Crippen LogP contribution in [0.2, 0.25) is 0 Å². The van der Waals surface area contributed by atoms with Crippen molar-refractivity contribution in [2.24, 2.45) is 34.5 Å². The van der Waals surface area contributed by atoms with Crippen LogP contribution in [0.1, 0.15) is 52.4 Å². The molecule has 3 aliphatic carbocycles. The third kappa shape index (κ3) is 2.15.